The first-order valence-corrected chi connectivity index (χ1v) is 6.07. The summed E-state index contributed by atoms with van der Waals surface area (Å²) >= 11 is 1.30. The van der Waals surface area contributed by atoms with Crippen LogP contribution < -0.4 is 0 Å². The van der Waals surface area contributed by atoms with Crippen molar-refractivity contribution in [1.29, 1.82) is 5.26 Å². The molecule has 0 aliphatic rings. The normalized spacial score (nSPS) is 10.4. The lowest BCUT2D eigenvalue weighted by Crippen LogP contribution is -1.84. The summed E-state index contributed by atoms with van der Waals surface area (Å²) in [6, 6.07) is 14.8. The summed E-state index contributed by atoms with van der Waals surface area (Å²) in [5.41, 5.74) is 1.95. The molecule has 18 heavy (non-hydrogen) atoms. The van der Waals surface area contributed by atoms with Crippen LogP contribution in [0.4, 0.5) is 0 Å². The van der Waals surface area contributed by atoms with Crippen LogP contribution in [0.3, 0.4) is 0 Å². The van der Waals surface area contributed by atoms with Crippen molar-refractivity contribution in [2.24, 2.45) is 0 Å². The summed E-state index contributed by atoms with van der Waals surface area (Å²) in [6.07, 6.45) is 0. The van der Waals surface area contributed by atoms with E-state index >= 15 is 0 Å². The smallest absolute Gasteiger partial charge is 0.263 e. The van der Waals surface area contributed by atoms with Crippen molar-refractivity contribution in [3.8, 4) is 6.07 Å². The Labute approximate surface area is 107 Å². The van der Waals surface area contributed by atoms with Crippen molar-refractivity contribution in [3.05, 3.63) is 48.2 Å². The second kappa shape index (κ2) is 4.51. The third-order valence-corrected chi connectivity index (χ3v) is 3.09. The van der Waals surface area contributed by atoms with Crippen LogP contribution in [0, 0.1) is 11.3 Å². The van der Waals surface area contributed by atoms with E-state index in [0.29, 0.717) is 15.9 Å². The van der Waals surface area contributed by atoms with E-state index in [1.165, 1.54) is 11.8 Å². The van der Waals surface area contributed by atoms with Gasteiger partial charge >= 0.3 is 0 Å². The highest BCUT2D eigenvalue weighted by atomic mass is 32.2. The maximum absolute atomic E-state index is 8.78. The first-order chi connectivity index (χ1) is 8.85. The van der Waals surface area contributed by atoms with Crippen LogP contribution in [-0.4, -0.2) is 9.97 Å². The zero-order chi connectivity index (χ0) is 12.4. The molecule has 0 amide bonds. The minimum atomic E-state index is 0.385. The Morgan fingerprint density at radius 3 is 2.78 bits per heavy atom. The summed E-state index contributed by atoms with van der Waals surface area (Å²) < 4.78 is 5.57. The van der Waals surface area contributed by atoms with Crippen LogP contribution in [0.5, 0.6) is 0 Å². The molecule has 0 radical (unpaired) electrons. The molecule has 5 heteroatoms. The predicted octanol–water partition coefficient (Wildman–Crippen LogP) is 3.25. The maximum Gasteiger partial charge on any atom is 0.263 e. The highest BCUT2D eigenvalue weighted by molar-refractivity contribution is 7.99. The molecule has 0 saturated carbocycles. The minimum absolute atomic E-state index is 0.385. The Hall–Kier alpha value is -2.32. The van der Waals surface area contributed by atoms with Crippen molar-refractivity contribution >= 4 is 22.9 Å². The SMILES string of the molecule is N#Cc1cccc(Sc2nc3ccccc3o2)n1. The molecule has 3 rings (SSSR count). The molecule has 0 bridgehead atoms. The summed E-state index contributed by atoms with van der Waals surface area (Å²) in [5.74, 6) is 0. The van der Waals surface area contributed by atoms with E-state index in [-0.39, 0.29) is 0 Å². The van der Waals surface area contributed by atoms with Gasteiger partial charge in [-0.25, -0.2) is 9.97 Å². The molecule has 2 aromatic heterocycles. The number of aromatic nitrogens is 2. The molecule has 0 unspecified atom stereocenters. The molecule has 0 atom stereocenters. The Kier molecular flexibility index (Phi) is 2.71. The summed E-state index contributed by atoms with van der Waals surface area (Å²) in [6.45, 7) is 0. The molecule has 86 valence electrons. The van der Waals surface area contributed by atoms with E-state index in [1.807, 2.05) is 36.4 Å². The highest BCUT2D eigenvalue weighted by Gasteiger charge is 2.08. The van der Waals surface area contributed by atoms with Crippen molar-refractivity contribution < 1.29 is 4.42 Å². The van der Waals surface area contributed by atoms with Crippen LogP contribution in [0.25, 0.3) is 11.1 Å². The number of hydrogen-bond acceptors (Lipinski definition) is 5. The molecule has 0 N–H and O–H groups in total. The fraction of sp³-hybridized carbons (Fsp3) is 0. The Bertz CT molecular complexity index is 712. The number of rotatable bonds is 2. The van der Waals surface area contributed by atoms with Gasteiger partial charge in [0, 0.05) is 0 Å². The van der Waals surface area contributed by atoms with Gasteiger partial charge in [-0.3, -0.25) is 0 Å². The number of fused-ring (bicyclic) bond motifs is 1. The lowest BCUT2D eigenvalue weighted by Gasteiger charge is -1.95. The molecular formula is C13H7N3OS. The van der Waals surface area contributed by atoms with Gasteiger partial charge in [0.05, 0.1) is 0 Å². The minimum Gasteiger partial charge on any atom is -0.431 e. The van der Waals surface area contributed by atoms with E-state index < -0.39 is 0 Å². The molecule has 0 aliphatic carbocycles. The largest absolute Gasteiger partial charge is 0.431 e. The molecule has 3 aromatic rings. The van der Waals surface area contributed by atoms with Gasteiger partial charge in [0.1, 0.15) is 22.3 Å². The summed E-state index contributed by atoms with van der Waals surface area (Å²) in [5, 5.41) is 10.0. The van der Waals surface area contributed by atoms with E-state index in [1.54, 1.807) is 12.1 Å². The quantitative estimate of drug-likeness (QED) is 0.701. The van der Waals surface area contributed by atoms with E-state index in [4.69, 9.17) is 9.68 Å². The van der Waals surface area contributed by atoms with E-state index in [9.17, 15) is 0 Å². The van der Waals surface area contributed by atoms with Crippen molar-refractivity contribution in [2.75, 3.05) is 0 Å². The van der Waals surface area contributed by atoms with Crippen molar-refractivity contribution in [3.63, 3.8) is 0 Å². The van der Waals surface area contributed by atoms with Gasteiger partial charge < -0.3 is 4.42 Å². The number of nitriles is 1. The highest BCUT2D eigenvalue weighted by Crippen LogP contribution is 2.28. The van der Waals surface area contributed by atoms with E-state index in [2.05, 4.69) is 9.97 Å². The topological polar surface area (TPSA) is 62.7 Å². The van der Waals surface area contributed by atoms with Gasteiger partial charge in [0.25, 0.3) is 5.22 Å². The third kappa shape index (κ3) is 2.06. The van der Waals surface area contributed by atoms with Crippen LogP contribution in [0.15, 0.2) is 57.1 Å². The van der Waals surface area contributed by atoms with Gasteiger partial charge in [0.15, 0.2) is 5.58 Å². The second-order valence-corrected chi connectivity index (χ2v) is 4.49. The molecule has 4 nitrogen and oxygen atoms in total. The van der Waals surface area contributed by atoms with Crippen molar-refractivity contribution in [1.82, 2.24) is 9.97 Å². The number of para-hydroxylation sites is 2. The van der Waals surface area contributed by atoms with Gasteiger partial charge in [-0.15, -0.1) is 0 Å². The maximum atomic E-state index is 8.78. The molecule has 0 fully saturated rings. The fourth-order valence-corrected chi connectivity index (χ4v) is 2.26. The molecule has 0 saturated heterocycles. The lowest BCUT2D eigenvalue weighted by atomic mass is 10.3. The number of oxazole rings is 1. The molecule has 1 aromatic carbocycles. The Morgan fingerprint density at radius 2 is 1.94 bits per heavy atom. The third-order valence-electron chi connectivity index (χ3n) is 2.30. The zero-order valence-electron chi connectivity index (χ0n) is 9.20. The lowest BCUT2D eigenvalue weighted by molar-refractivity contribution is 0.489. The van der Waals surface area contributed by atoms with Crippen molar-refractivity contribution in [2.45, 2.75) is 10.2 Å². The first kappa shape index (κ1) is 10.8. The number of pyridine rings is 1. The predicted molar refractivity (Wildman–Crippen MR) is 67.1 cm³/mol. The zero-order valence-corrected chi connectivity index (χ0v) is 10.0. The van der Waals surface area contributed by atoms with Crippen LogP contribution >= 0.6 is 11.8 Å². The number of benzene rings is 1. The molecule has 2 heterocycles. The first-order valence-electron chi connectivity index (χ1n) is 5.26. The average Bonchev–Trinajstić information content (AvgIpc) is 2.81. The van der Waals surface area contributed by atoms with E-state index in [0.717, 1.165) is 11.1 Å². The number of hydrogen-bond donors (Lipinski definition) is 0. The van der Waals surface area contributed by atoms with Crippen LogP contribution in [-0.2, 0) is 0 Å². The number of nitrogens with zero attached hydrogens (tertiary/aromatic N) is 3. The summed E-state index contributed by atoms with van der Waals surface area (Å²) in [7, 11) is 0. The summed E-state index contributed by atoms with van der Waals surface area (Å²) in [4.78, 5) is 8.50. The fourth-order valence-electron chi connectivity index (χ4n) is 1.52. The van der Waals surface area contributed by atoms with Crippen LogP contribution in [0.2, 0.25) is 0 Å². The monoisotopic (exact) mass is 253 g/mol. The molecule has 0 aliphatic heterocycles. The Balaban J connectivity index is 1.94. The second-order valence-electron chi connectivity index (χ2n) is 3.52. The van der Waals surface area contributed by atoms with Gasteiger partial charge in [0.2, 0.25) is 0 Å². The molecule has 0 spiro atoms. The van der Waals surface area contributed by atoms with Gasteiger partial charge in [-0.1, -0.05) is 18.2 Å². The molecular weight excluding hydrogens is 246 g/mol. The van der Waals surface area contributed by atoms with Gasteiger partial charge in [-0.05, 0) is 36.0 Å². The Morgan fingerprint density at radius 1 is 1.06 bits per heavy atom. The average molecular weight is 253 g/mol. The standard InChI is InChI=1S/C13H7N3OS/c14-8-9-4-3-7-12(15-9)18-13-16-10-5-1-2-6-11(10)17-13/h1-7H. The van der Waals surface area contributed by atoms with Crippen LogP contribution in [0.1, 0.15) is 5.69 Å². The van der Waals surface area contributed by atoms with Gasteiger partial charge in [-0.2, -0.15) is 5.26 Å².